The number of carbonyl (C=O) groups is 1. The van der Waals surface area contributed by atoms with E-state index in [2.05, 4.69) is 6.58 Å². The molecule has 0 saturated heterocycles. The maximum Gasteiger partial charge on any atom is 0.354 e. The van der Waals surface area contributed by atoms with E-state index in [4.69, 9.17) is 10.5 Å². The first-order chi connectivity index (χ1) is 6.09. The molecule has 0 aromatic carbocycles. The molecule has 1 fully saturated rings. The average molecular weight is 183 g/mol. The summed E-state index contributed by atoms with van der Waals surface area (Å²) in [5.41, 5.74) is 5.01. The van der Waals surface area contributed by atoms with Crippen molar-refractivity contribution in [2.45, 2.75) is 44.6 Å². The molecule has 1 aliphatic rings. The summed E-state index contributed by atoms with van der Waals surface area (Å²) in [7, 11) is 0. The third kappa shape index (κ3) is 2.23. The minimum absolute atomic E-state index is 0.000255. The summed E-state index contributed by atoms with van der Waals surface area (Å²) in [4.78, 5) is 11.2. The van der Waals surface area contributed by atoms with Gasteiger partial charge in [0, 0.05) is 0 Å². The second kappa shape index (κ2) is 3.81. The summed E-state index contributed by atoms with van der Waals surface area (Å²) in [5, 5.41) is 0. The monoisotopic (exact) mass is 183 g/mol. The van der Waals surface area contributed by atoms with E-state index in [1.807, 2.05) is 6.92 Å². The van der Waals surface area contributed by atoms with E-state index >= 15 is 0 Å². The highest BCUT2D eigenvalue weighted by atomic mass is 16.6. The second-order valence-electron chi connectivity index (χ2n) is 3.66. The van der Waals surface area contributed by atoms with Crippen LogP contribution in [-0.2, 0) is 9.53 Å². The van der Waals surface area contributed by atoms with Crippen LogP contribution in [0.25, 0.3) is 0 Å². The summed E-state index contributed by atoms with van der Waals surface area (Å²) in [6.07, 6.45) is 5.06. The molecular formula is C10H17NO2. The number of hydrogen-bond acceptors (Lipinski definition) is 3. The summed E-state index contributed by atoms with van der Waals surface area (Å²) >= 11 is 0. The molecule has 0 aliphatic heterocycles. The van der Waals surface area contributed by atoms with Gasteiger partial charge in [0.05, 0.1) is 0 Å². The number of ether oxygens (including phenoxy) is 1. The zero-order chi connectivity index (χ0) is 9.90. The second-order valence-corrected chi connectivity index (χ2v) is 3.66. The molecule has 0 radical (unpaired) electrons. The lowest BCUT2D eigenvalue weighted by molar-refractivity contribution is -0.154. The fourth-order valence-electron chi connectivity index (χ4n) is 1.81. The van der Waals surface area contributed by atoms with Crippen molar-refractivity contribution in [1.82, 2.24) is 0 Å². The topological polar surface area (TPSA) is 52.3 Å². The first kappa shape index (κ1) is 10.1. The third-order valence-corrected chi connectivity index (χ3v) is 2.73. The van der Waals surface area contributed by atoms with Gasteiger partial charge in [0.2, 0.25) is 0 Å². The smallest absolute Gasteiger partial charge is 0.354 e. The van der Waals surface area contributed by atoms with Gasteiger partial charge in [0.25, 0.3) is 0 Å². The van der Waals surface area contributed by atoms with Crippen molar-refractivity contribution in [3.05, 3.63) is 12.3 Å². The van der Waals surface area contributed by atoms with Crippen molar-refractivity contribution in [1.29, 1.82) is 0 Å². The normalized spacial score (nSPS) is 19.8. The molecule has 0 atom stereocenters. The largest absolute Gasteiger partial charge is 0.454 e. The highest BCUT2D eigenvalue weighted by Crippen LogP contribution is 2.36. The lowest BCUT2D eigenvalue weighted by Gasteiger charge is -2.27. The van der Waals surface area contributed by atoms with Gasteiger partial charge in [-0.1, -0.05) is 13.5 Å². The Morgan fingerprint density at radius 3 is 2.46 bits per heavy atom. The van der Waals surface area contributed by atoms with Gasteiger partial charge < -0.3 is 10.5 Å². The number of nitrogens with two attached hydrogens (primary N) is 1. The molecule has 0 aromatic rings. The molecule has 0 bridgehead atoms. The van der Waals surface area contributed by atoms with Gasteiger partial charge in [-0.25, -0.2) is 4.79 Å². The van der Waals surface area contributed by atoms with Crippen molar-refractivity contribution >= 4 is 5.97 Å². The molecule has 0 amide bonds. The molecule has 1 rings (SSSR count). The first-order valence-electron chi connectivity index (χ1n) is 4.77. The van der Waals surface area contributed by atoms with Crippen LogP contribution in [0.5, 0.6) is 0 Å². The van der Waals surface area contributed by atoms with Crippen LogP contribution in [0.15, 0.2) is 12.3 Å². The Morgan fingerprint density at radius 1 is 1.54 bits per heavy atom. The quantitative estimate of drug-likeness (QED) is 0.535. The van der Waals surface area contributed by atoms with Crippen LogP contribution in [0.1, 0.15) is 39.0 Å². The SMILES string of the molecule is C=C(N)C(=O)OC1(CC)CCCC1. The van der Waals surface area contributed by atoms with Crippen LogP contribution in [0.4, 0.5) is 0 Å². The highest BCUT2D eigenvalue weighted by molar-refractivity contribution is 5.86. The van der Waals surface area contributed by atoms with Crippen molar-refractivity contribution in [3.63, 3.8) is 0 Å². The third-order valence-electron chi connectivity index (χ3n) is 2.73. The summed E-state index contributed by atoms with van der Waals surface area (Å²) in [6.45, 7) is 5.41. The van der Waals surface area contributed by atoms with Crippen molar-refractivity contribution in [3.8, 4) is 0 Å². The molecule has 0 aromatic heterocycles. The maximum atomic E-state index is 11.2. The lowest BCUT2D eigenvalue weighted by Crippen LogP contribution is -2.32. The molecular weight excluding hydrogens is 166 g/mol. The van der Waals surface area contributed by atoms with E-state index in [-0.39, 0.29) is 11.3 Å². The van der Waals surface area contributed by atoms with Gasteiger partial charge >= 0.3 is 5.97 Å². The molecule has 2 N–H and O–H groups in total. The van der Waals surface area contributed by atoms with E-state index in [1.54, 1.807) is 0 Å². The van der Waals surface area contributed by atoms with Crippen molar-refractivity contribution in [2.24, 2.45) is 5.73 Å². The Morgan fingerprint density at radius 2 is 2.08 bits per heavy atom. The minimum Gasteiger partial charge on any atom is -0.454 e. The fraction of sp³-hybridized carbons (Fsp3) is 0.700. The summed E-state index contributed by atoms with van der Waals surface area (Å²) in [5.74, 6) is -0.455. The fourth-order valence-corrected chi connectivity index (χ4v) is 1.81. The van der Waals surface area contributed by atoms with Gasteiger partial charge in [-0.2, -0.15) is 0 Å². The molecule has 3 nitrogen and oxygen atoms in total. The molecule has 3 heteroatoms. The van der Waals surface area contributed by atoms with Gasteiger partial charge in [0.15, 0.2) is 0 Å². The predicted molar refractivity (Wildman–Crippen MR) is 50.9 cm³/mol. The number of carbonyl (C=O) groups excluding carboxylic acids is 1. The van der Waals surface area contributed by atoms with Crippen LogP contribution < -0.4 is 5.73 Å². The highest BCUT2D eigenvalue weighted by Gasteiger charge is 2.35. The average Bonchev–Trinajstić information content (AvgIpc) is 2.54. The van der Waals surface area contributed by atoms with Crippen LogP contribution >= 0.6 is 0 Å². The maximum absolute atomic E-state index is 11.2. The lowest BCUT2D eigenvalue weighted by atomic mass is 9.99. The standard InChI is InChI=1S/C10H17NO2/c1-3-10(6-4-5-7-10)13-9(12)8(2)11/h2-7,11H2,1H3. The number of esters is 1. The van der Waals surface area contributed by atoms with E-state index in [1.165, 1.54) is 0 Å². The minimum atomic E-state index is -0.455. The Kier molecular flexibility index (Phi) is 2.96. The molecule has 0 heterocycles. The van der Waals surface area contributed by atoms with Gasteiger partial charge in [-0.05, 0) is 32.1 Å². The number of hydrogen-bond donors (Lipinski definition) is 1. The zero-order valence-corrected chi connectivity index (χ0v) is 8.14. The molecule has 1 aliphatic carbocycles. The molecule has 13 heavy (non-hydrogen) atoms. The molecule has 74 valence electrons. The molecule has 0 spiro atoms. The summed E-state index contributed by atoms with van der Waals surface area (Å²) in [6, 6.07) is 0. The Labute approximate surface area is 78.9 Å². The zero-order valence-electron chi connectivity index (χ0n) is 8.14. The predicted octanol–water partition coefficient (Wildman–Crippen LogP) is 1.72. The van der Waals surface area contributed by atoms with Gasteiger partial charge in [-0.3, -0.25) is 0 Å². The van der Waals surface area contributed by atoms with Crippen LogP contribution in [-0.4, -0.2) is 11.6 Å². The van der Waals surface area contributed by atoms with Crippen LogP contribution in [0, 0.1) is 0 Å². The van der Waals surface area contributed by atoms with Crippen LogP contribution in [0.3, 0.4) is 0 Å². The Balaban J connectivity index is 2.58. The Hall–Kier alpha value is -0.990. The molecule has 0 unspecified atom stereocenters. The Bertz CT molecular complexity index is 217. The van der Waals surface area contributed by atoms with Crippen molar-refractivity contribution < 1.29 is 9.53 Å². The van der Waals surface area contributed by atoms with Crippen LogP contribution in [0.2, 0.25) is 0 Å². The summed E-state index contributed by atoms with van der Waals surface area (Å²) < 4.78 is 5.35. The van der Waals surface area contributed by atoms with E-state index in [9.17, 15) is 4.79 Å². The molecule has 1 saturated carbocycles. The number of rotatable bonds is 3. The first-order valence-corrected chi connectivity index (χ1v) is 4.77. The van der Waals surface area contributed by atoms with E-state index in [0.717, 1.165) is 32.1 Å². The van der Waals surface area contributed by atoms with Gasteiger partial charge in [-0.15, -0.1) is 0 Å². The van der Waals surface area contributed by atoms with E-state index < -0.39 is 5.97 Å². The van der Waals surface area contributed by atoms with Crippen molar-refractivity contribution in [2.75, 3.05) is 0 Å². The van der Waals surface area contributed by atoms with Gasteiger partial charge in [0.1, 0.15) is 11.3 Å². The van der Waals surface area contributed by atoms with E-state index in [0.29, 0.717) is 0 Å².